The molecule has 100 valence electrons. The first kappa shape index (κ1) is 13.5. The largest absolute Gasteiger partial charge is 0.273 e. The van der Waals surface area contributed by atoms with Gasteiger partial charge in [-0.15, -0.1) is 0 Å². The van der Waals surface area contributed by atoms with Gasteiger partial charge < -0.3 is 0 Å². The van der Waals surface area contributed by atoms with Crippen LogP contribution in [0.3, 0.4) is 0 Å². The maximum atomic E-state index is 11.2. The highest BCUT2D eigenvalue weighted by Gasteiger charge is 2.20. The van der Waals surface area contributed by atoms with Crippen molar-refractivity contribution < 1.29 is 4.92 Å². The Kier molecular flexibility index (Phi) is 4.15. The summed E-state index contributed by atoms with van der Waals surface area (Å²) in [5, 5.41) is 11.2. The number of benzene rings is 1. The molecule has 0 saturated heterocycles. The van der Waals surface area contributed by atoms with Gasteiger partial charge in [-0.05, 0) is 30.4 Å². The highest BCUT2D eigenvalue weighted by Crippen LogP contribution is 2.32. The molecule has 0 bridgehead atoms. The molecule has 0 N–H and O–H groups in total. The first-order valence-electron chi connectivity index (χ1n) is 6.78. The van der Waals surface area contributed by atoms with Crippen LogP contribution < -0.4 is 0 Å². The van der Waals surface area contributed by atoms with E-state index < -0.39 is 0 Å². The SMILES string of the molecule is C=C1C=Cc2c(ccc([N+](=O)[O-])c2CCCCC)C1. The minimum Gasteiger partial charge on any atom is -0.258 e. The van der Waals surface area contributed by atoms with E-state index in [4.69, 9.17) is 0 Å². The zero-order valence-corrected chi connectivity index (χ0v) is 11.3. The fraction of sp³-hybridized carbons (Fsp3) is 0.375. The Bertz CT molecular complexity index is 544. The van der Waals surface area contributed by atoms with Crippen molar-refractivity contribution in [2.24, 2.45) is 0 Å². The van der Waals surface area contributed by atoms with E-state index in [0.717, 1.165) is 54.4 Å². The second-order valence-corrected chi connectivity index (χ2v) is 5.02. The molecule has 3 heteroatoms. The van der Waals surface area contributed by atoms with Gasteiger partial charge in [0.05, 0.1) is 4.92 Å². The van der Waals surface area contributed by atoms with Crippen LogP contribution in [0.5, 0.6) is 0 Å². The van der Waals surface area contributed by atoms with Crippen LogP contribution in [0.1, 0.15) is 42.9 Å². The Balaban J connectivity index is 2.42. The molecule has 0 aliphatic heterocycles. The number of nitrogens with zero attached hydrogens (tertiary/aromatic N) is 1. The lowest BCUT2D eigenvalue weighted by atomic mass is 9.88. The summed E-state index contributed by atoms with van der Waals surface area (Å²) < 4.78 is 0. The van der Waals surface area contributed by atoms with Crippen LogP contribution in [0.25, 0.3) is 6.08 Å². The molecule has 0 saturated carbocycles. The summed E-state index contributed by atoms with van der Waals surface area (Å²) in [5.41, 5.74) is 4.40. The van der Waals surface area contributed by atoms with E-state index in [1.165, 1.54) is 0 Å². The molecular formula is C16H19NO2. The molecule has 1 aromatic carbocycles. The molecule has 0 heterocycles. The van der Waals surface area contributed by atoms with Crippen molar-refractivity contribution in [1.29, 1.82) is 0 Å². The lowest BCUT2D eigenvalue weighted by Gasteiger charge is -2.16. The van der Waals surface area contributed by atoms with Crippen molar-refractivity contribution in [2.75, 3.05) is 0 Å². The maximum absolute atomic E-state index is 11.2. The van der Waals surface area contributed by atoms with Gasteiger partial charge in [0.2, 0.25) is 0 Å². The molecule has 0 amide bonds. The van der Waals surface area contributed by atoms with E-state index in [1.807, 2.05) is 18.2 Å². The predicted molar refractivity (Wildman–Crippen MR) is 78.2 cm³/mol. The monoisotopic (exact) mass is 257 g/mol. The zero-order chi connectivity index (χ0) is 13.8. The lowest BCUT2D eigenvalue weighted by Crippen LogP contribution is -2.05. The molecule has 1 aliphatic rings. The van der Waals surface area contributed by atoms with E-state index in [2.05, 4.69) is 13.5 Å². The van der Waals surface area contributed by atoms with Gasteiger partial charge in [0.25, 0.3) is 5.69 Å². The van der Waals surface area contributed by atoms with Gasteiger partial charge in [0.1, 0.15) is 0 Å². The van der Waals surface area contributed by atoms with Crippen LogP contribution in [-0.4, -0.2) is 4.92 Å². The standard InChI is InChI=1S/C16H19NO2/c1-3-4-5-6-15-14-9-7-12(2)11-13(14)8-10-16(15)17(18)19/h7-10H,2-6,11H2,1H3. The van der Waals surface area contributed by atoms with E-state index in [-0.39, 0.29) is 10.6 Å². The number of fused-ring (bicyclic) bond motifs is 1. The molecule has 1 aliphatic carbocycles. The lowest BCUT2D eigenvalue weighted by molar-refractivity contribution is -0.385. The minimum atomic E-state index is -0.265. The van der Waals surface area contributed by atoms with Crippen LogP contribution in [0, 0.1) is 10.1 Å². The second-order valence-electron chi connectivity index (χ2n) is 5.02. The average Bonchev–Trinajstić information content (AvgIpc) is 2.38. The maximum Gasteiger partial charge on any atom is 0.273 e. The Morgan fingerprint density at radius 1 is 1.32 bits per heavy atom. The normalized spacial score (nSPS) is 13.4. The van der Waals surface area contributed by atoms with Gasteiger partial charge >= 0.3 is 0 Å². The minimum absolute atomic E-state index is 0.256. The number of nitro groups is 1. The van der Waals surface area contributed by atoms with Crippen molar-refractivity contribution in [1.82, 2.24) is 0 Å². The molecule has 0 fully saturated rings. The van der Waals surface area contributed by atoms with Gasteiger partial charge in [-0.3, -0.25) is 10.1 Å². The summed E-state index contributed by atoms with van der Waals surface area (Å²) >= 11 is 0. The van der Waals surface area contributed by atoms with Crippen molar-refractivity contribution in [3.8, 4) is 0 Å². The Morgan fingerprint density at radius 2 is 2.11 bits per heavy atom. The predicted octanol–water partition coefficient (Wildman–Crippen LogP) is 4.45. The number of hydrogen-bond acceptors (Lipinski definition) is 2. The first-order chi connectivity index (χ1) is 9.13. The third-order valence-electron chi connectivity index (χ3n) is 3.55. The van der Waals surface area contributed by atoms with Gasteiger partial charge in [-0.25, -0.2) is 0 Å². The van der Waals surface area contributed by atoms with E-state index in [1.54, 1.807) is 6.07 Å². The Morgan fingerprint density at radius 3 is 2.79 bits per heavy atom. The molecule has 0 radical (unpaired) electrons. The van der Waals surface area contributed by atoms with Crippen molar-refractivity contribution in [2.45, 2.75) is 39.0 Å². The van der Waals surface area contributed by atoms with Gasteiger partial charge in [0.15, 0.2) is 0 Å². The Hall–Kier alpha value is -1.90. The fourth-order valence-corrected chi connectivity index (χ4v) is 2.55. The molecule has 0 atom stereocenters. The first-order valence-corrected chi connectivity index (χ1v) is 6.78. The van der Waals surface area contributed by atoms with E-state index >= 15 is 0 Å². The van der Waals surface area contributed by atoms with Gasteiger partial charge in [0, 0.05) is 11.6 Å². The van der Waals surface area contributed by atoms with Crippen LogP contribution in [-0.2, 0) is 12.8 Å². The Labute approximate surface area is 113 Å². The molecule has 0 unspecified atom stereocenters. The second kappa shape index (κ2) is 5.83. The summed E-state index contributed by atoms with van der Waals surface area (Å²) in [6.45, 7) is 6.09. The molecule has 2 rings (SSSR count). The van der Waals surface area contributed by atoms with E-state index in [0.29, 0.717) is 0 Å². The number of unbranched alkanes of at least 4 members (excludes halogenated alkanes) is 2. The topological polar surface area (TPSA) is 43.1 Å². The smallest absolute Gasteiger partial charge is 0.258 e. The molecule has 3 nitrogen and oxygen atoms in total. The van der Waals surface area contributed by atoms with Crippen molar-refractivity contribution in [3.05, 3.63) is 57.2 Å². The summed E-state index contributed by atoms with van der Waals surface area (Å²) in [7, 11) is 0. The van der Waals surface area contributed by atoms with Crippen LogP contribution in [0.15, 0.2) is 30.4 Å². The average molecular weight is 257 g/mol. The highest BCUT2D eigenvalue weighted by atomic mass is 16.6. The number of hydrogen-bond donors (Lipinski definition) is 0. The van der Waals surface area contributed by atoms with Crippen LogP contribution >= 0.6 is 0 Å². The summed E-state index contributed by atoms with van der Waals surface area (Å²) in [6.07, 6.45) is 8.76. The number of rotatable bonds is 5. The van der Waals surface area contributed by atoms with Crippen molar-refractivity contribution >= 4 is 11.8 Å². The van der Waals surface area contributed by atoms with Crippen LogP contribution in [0.4, 0.5) is 5.69 Å². The van der Waals surface area contributed by atoms with Crippen molar-refractivity contribution in [3.63, 3.8) is 0 Å². The molecule has 0 aromatic heterocycles. The highest BCUT2D eigenvalue weighted by molar-refractivity contribution is 5.68. The van der Waals surface area contributed by atoms with Gasteiger partial charge in [-0.2, -0.15) is 0 Å². The van der Waals surface area contributed by atoms with Gasteiger partial charge in [-0.1, -0.05) is 50.1 Å². The fourth-order valence-electron chi connectivity index (χ4n) is 2.55. The summed E-state index contributed by atoms with van der Waals surface area (Å²) in [6, 6.07) is 3.51. The number of allylic oxidation sites excluding steroid dienone is 2. The molecule has 1 aromatic rings. The third kappa shape index (κ3) is 2.92. The zero-order valence-electron chi connectivity index (χ0n) is 11.3. The summed E-state index contributed by atoms with van der Waals surface area (Å²) in [4.78, 5) is 10.9. The quantitative estimate of drug-likeness (QED) is 0.444. The summed E-state index contributed by atoms with van der Waals surface area (Å²) in [5.74, 6) is 0. The molecule has 19 heavy (non-hydrogen) atoms. The van der Waals surface area contributed by atoms with E-state index in [9.17, 15) is 10.1 Å². The molecular weight excluding hydrogens is 238 g/mol. The third-order valence-corrected chi connectivity index (χ3v) is 3.55. The molecule has 0 spiro atoms. The number of nitro benzene ring substituents is 1. The van der Waals surface area contributed by atoms with Crippen LogP contribution in [0.2, 0.25) is 0 Å².